The Bertz CT molecular complexity index is 583. The van der Waals surface area contributed by atoms with Gasteiger partial charge >= 0.3 is 6.18 Å². The van der Waals surface area contributed by atoms with E-state index in [1.54, 1.807) is 24.3 Å². The van der Waals surface area contributed by atoms with Crippen LogP contribution in [0.1, 0.15) is 31.1 Å². The summed E-state index contributed by atoms with van der Waals surface area (Å²) in [6, 6.07) is 6.96. The van der Waals surface area contributed by atoms with Gasteiger partial charge in [-0.15, -0.1) is 0 Å². The molecule has 3 nitrogen and oxygen atoms in total. The summed E-state index contributed by atoms with van der Waals surface area (Å²) in [7, 11) is 0. The first-order valence-electron chi connectivity index (χ1n) is 6.28. The van der Waals surface area contributed by atoms with E-state index in [2.05, 4.69) is 4.98 Å². The smallest absolute Gasteiger partial charge is 0.328 e. The van der Waals surface area contributed by atoms with Crippen molar-refractivity contribution in [2.24, 2.45) is 5.73 Å². The minimum Gasteiger partial charge on any atom is -0.328 e. The molecule has 0 spiro atoms. The van der Waals surface area contributed by atoms with Crippen LogP contribution in [0.25, 0.3) is 11.4 Å². The van der Waals surface area contributed by atoms with Crippen LogP contribution in [0.5, 0.6) is 0 Å². The summed E-state index contributed by atoms with van der Waals surface area (Å²) in [6.45, 7) is 4.03. The first-order valence-corrected chi connectivity index (χ1v) is 6.28. The number of hydrogen-bond donors (Lipinski definition) is 1. The lowest BCUT2D eigenvalue weighted by Gasteiger charge is -2.11. The maximum atomic E-state index is 12.8. The molecule has 108 valence electrons. The van der Waals surface area contributed by atoms with E-state index in [1.807, 2.05) is 13.8 Å². The lowest BCUT2D eigenvalue weighted by Crippen LogP contribution is -2.05. The molecular formula is C14H16F3N3. The van der Waals surface area contributed by atoms with Gasteiger partial charge in [-0.25, -0.2) is 4.98 Å². The third-order valence-corrected chi connectivity index (χ3v) is 3.03. The first kappa shape index (κ1) is 14.6. The van der Waals surface area contributed by atoms with Crippen molar-refractivity contribution in [1.82, 2.24) is 9.55 Å². The fourth-order valence-corrected chi connectivity index (χ4v) is 1.93. The van der Waals surface area contributed by atoms with Crippen molar-refractivity contribution in [1.29, 1.82) is 0 Å². The van der Waals surface area contributed by atoms with Crippen LogP contribution in [-0.4, -0.2) is 9.55 Å². The number of imidazole rings is 1. The van der Waals surface area contributed by atoms with E-state index in [-0.39, 0.29) is 6.04 Å². The van der Waals surface area contributed by atoms with E-state index in [4.69, 9.17) is 5.73 Å². The summed E-state index contributed by atoms with van der Waals surface area (Å²) in [5.41, 5.74) is 6.21. The minimum absolute atomic E-state index is 0.109. The monoisotopic (exact) mass is 283 g/mol. The summed E-state index contributed by atoms with van der Waals surface area (Å²) >= 11 is 0. The Morgan fingerprint density at radius 3 is 2.25 bits per heavy atom. The van der Waals surface area contributed by atoms with Gasteiger partial charge in [0, 0.05) is 24.3 Å². The van der Waals surface area contributed by atoms with Gasteiger partial charge in [0.1, 0.15) is 5.82 Å². The van der Waals surface area contributed by atoms with Gasteiger partial charge in [0.05, 0.1) is 0 Å². The lowest BCUT2D eigenvalue weighted by atomic mass is 10.1. The fourth-order valence-electron chi connectivity index (χ4n) is 1.93. The average molecular weight is 283 g/mol. The van der Waals surface area contributed by atoms with E-state index in [0.29, 0.717) is 17.9 Å². The zero-order valence-corrected chi connectivity index (χ0v) is 11.3. The zero-order chi connectivity index (χ0) is 14.9. The molecule has 6 heteroatoms. The van der Waals surface area contributed by atoms with Gasteiger partial charge in [-0.3, -0.25) is 0 Å². The molecule has 0 saturated carbocycles. The highest BCUT2D eigenvalue weighted by Gasteiger charge is 2.35. The quantitative estimate of drug-likeness (QED) is 0.935. The molecule has 2 N–H and O–H groups in total. The molecule has 0 unspecified atom stereocenters. The third-order valence-electron chi connectivity index (χ3n) is 3.03. The molecule has 0 fully saturated rings. The van der Waals surface area contributed by atoms with Crippen LogP contribution < -0.4 is 5.73 Å². The van der Waals surface area contributed by atoms with Crippen molar-refractivity contribution in [3.05, 3.63) is 41.7 Å². The summed E-state index contributed by atoms with van der Waals surface area (Å²) in [4.78, 5) is 3.74. The van der Waals surface area contributed by atoms with Gasteiger partial charge in [0.2, 0.25) is 0 Å². The molecule has 2 rings (SSSR count). The number of benzene rings is 1. The Kier molecular flexibility index (Phi) is 3.85. The molecule has 1 aromatic carbocycles. The molecular weight excluding hydrogens is 267 g/mol. The molecule has 2 aromatic rings. The second kappa shape index (κ2) is 5.28. The topological polar surface area (TPSA) is 43.8 Å². The van der Waals surface area contributed by atoms with Gasteiger partial charge in [0.25, 0.3) is 0 Å². The Labute approximate surface area is 115 Å². The number of hydrogen-bond acceptors (Lipinski definition) is 2. The maximum absolute atomic E-state index is 12.8. The first-order chi connectivity index (χ1) is 9.32. The van der Waals surface area contributed by atoms with Gasteiger partial charge in [-0.2, -0.15) is 13.2 Å². The Morgan fingerprint density at radius 2 is 1.80 bits per heavy atom. The largest absolute Gasteiger partial charge is 0.434 e. The Morgan fingerprint density at radius 1 is 1.20 bits per heavy atom. The van der Waals surface area contributed by atoms with Crippen molar-refractivity contribution < 1.29 is 13.2 Å². The zero-order valence-electron chi connectivity index (χ0n) is 11.3. The van der Waals surface area contributed by atoms with Crippen LogP contribution in [0.3, 0.4) is 0 Å². The highest BCUT2D eigenvalue weighted by molar-refractivity contribution is 5.57. The molecule has 0 atom stereocenters. The Hall–Kier alpha value is -1.82. The molecule has 0 saturated heterocycles. The van der Waals surface area contributed by atoms with Crippen molar-refractivity contribution in [2.45, 2.75) is 32.6 Å². The summed E-state index contributed by atoms with van der Waals surface area (Å²) < 4.78 is 39.9. The number of aromatic nitrogens is 2. The third kappa shape index (κ3) is 2.85. The molecule has 0 aliphatic carbocycles. The number of halogens is 3. The normalized spacial score (nSPS) is 12.2. The lowest BCUT2D eigenvalue weighted by molar-refractivity contribution is -0.140. The van der Waals surface area contributed by atoms with Crippen LogP contribution in [-0.2, 0) is 12.7 Å². The van der Waals surface area contributed by atoms with E-state index in [0.717, 1.165) is 11.8 Å². The SMILES string of the molecule is CC(C)n1cc(C(F)(F)F)nc1-c1ccc(CN)cc1. The predicted octanol–water partition coefficient (Wildman–Crippen LogP) is 3.61. The molecule has 0 aliphatic heterocycles. The average Bonchev–Trinajstić information content (AvgIpc) is 2.84. The summed E-state index contributed by atoms with van der Waals surface area (Å²) in [5.74, 6) is 0.316. The van der Waals surface area contributed by atoms with Crippen molar-refractivity contribution in [2.75, 3.05) is 0 Å². The molecule has 0 radical (unpaired) electrons. The molecule has 1 heterocycles. The Balaban J connectivity index is 2.50. The summed E-state index contributed by atoms with van der Waals surface area (Å²) in [6.07, 6.45) is -3.39. The van der Waals surface area contributed by atoms with E-state index in [9.17, 15) is 13.2 Å². The molecule has 0 bridgehead atoms. The number of alkyl halides is 3. The summed E-state index contributed by atoms with van der Waals surface area (Å²) in [5, 5.41) is 0. The second-order valence-corrected chi connectivity index (χ2v) is 4.85. The second-order valence-electron chi connectivity index (χ2n) is 4.85. The van der Waals surface area contributed by atoms with Crippen molar-refractivity contribution in [3.63, 3.8) is 0 Å². The predicted molar refractivity (Wildman–Crippen MR) is 70.9 cm³/mol. The van der Waals surface area contributed by atoms with E-state index >= 15 is 0 Å². The number of rotatable bonds is 3. The van der Waals surface area contributed by atoms with E-state index < -0.39 is 11.9 Å². The van der Waals surface area contributed by atoms with Crippen LogP contribution in [0, 0.1) is 0 Å². The van der Waals surface area contributed by atoms with Crippen LogP contribution >= 0.6 is 0 Å². The molecule has 0 aliphatic rings. The van der Waals surface area contributed by atoms with Gasteiger partial charge in [-0.1, -0.05) is 24.3 Å². The van der Waals surface area contributed by atoms with Crippen LogP contribution in [0.15, 0.2) is 30.5 Å². The number of nitrogens with zero attached hydrogens (tertiary/aromatic N) is 2. The standard InChI is InChI=1S/C14H16F3N3/c1-9(2)20-8-12(14(15,16)17)19-13(20)11-5-3-10(7-18)4-6-11/h3-6,8-9H,7,18H2,1-2H3. The van der Waals surface area contributed by atoms with Crippen molar-refractivity contribution >= 4 is 0 Å². The van der Waals surface area contributed by atoms with Gasteiger partial charge in [0.15, 0.2) is 5.69 Å². The maximum Gasteiger partial charge on any atom is 0.434 e. The number of nitrogens with two attached hydrogens (primary N) is 1. The highest BCUT2D eigenvalue weighted by Crippen LogP contribution is 2.32. The highest BCUT2D eigenvalue weighted by atomic mass is 19.4. The molecule has 1 aromatic heterocycles. The fraction of sp³-hybridized carbons (Fsp3) is 0.357. The van der Waals surface area contributed by atoms with E-state index in [1.165, 1.54) is 4.57 Å². The molecule has 20 heavy (non-hydrogen) atoms. The minimum atomic E-state index is -4.44. The van der Waals surface area contributed by atoms with Crippen molar-refractivity contribution in [3.8, 4) is 11.4 Å². The van der Waals surface area contributed by atoms with Crippen LogP contribution in [0.4, 0.5) is 13.2 Å². The van der Waals surface area contributed by atoms with Crippen LogP contribution in [0.2, 0.25) is 0 Å². The molecule has 0 amide bonds. The van der Waals surface area contributed by atoms with Gasteiger partial charge < -0.3 is 10.3 Å². The van der Waals surface area contributed by atoms with Gasteiger partial charge in [-0.05, 0) is 19.4 Å².